The minimum Gasteiger partial charge on any atom is -0.375 e. The van der Waals surface area contributed by atoms with E-state index in [4.69, 9.17) is 4.74 Å². The molecule has 1 amide bonds. The molecule has 24 heavy (non-hydrogen) atoms. The number of piperidine rings is 1. The summed E-state index contributed by atoms with van der Waals surface area (Å²) in [6.45, 7) is 4.59. The van der Waals surface area contributed by atoms with Gasteiger partial charge in [0.1, 0.15) is 0 Å². The van der Waals surface area contributed by atoms with Crippen molar-refractivity contribution in [1.82, 2.24) is 9.21 Å². The zero-order valence-electron chi connectivity index (χ0n) is 13.9. The second-order valence-corrected chi connectivity index (χ2v) is 8.40. The van der Waals surface area contributed by atoms with Gasteiger partial charge in [0.05, 0.1) is 17.6 Å². The van der Waals surface area contributed by atoms with Gasteiger partial charge in [-0.3, -0.25) is 4.79 Å². The zero-order valence-corrected chi connectivity index (χ0v) is 14.7. The van der Waals surface area contributed by atoms with E-state index >= 15 is 0 Å². The van der Waals surface area contributed by atoms with E-state index in [-0.39, 0.29) is 17.9 Å². The molecule has 0 spiro atoms. The zero-order chi connectivity index (χ0) is 17.2. The van der Waals surface area contributed by atoms with Crippen molar-refractivity contribution in [1.29, 1.82) is 0 Å². The summed E-state index contributed by atoms with van der Waals surface area (Å²) in [7, 11) is -3.46. The van der Waals surface area contributed by atoms with Gasteiger partial charge in [0, 0.05) is 32.1 Å². The number of hydrogen-bond acceptors (Lipinski definition) is 4. The molecule has 0 bridgehead atoms. The number of carbonyl (C=O) groups excluding carboxylic acids is 1. The number of amides is 1. The molecule has 0 N–H and O–H groups in total. The number of hydrogen-bond donors (Lipinski definition) is 0. The number of sulfonamides is 1. The van der Waals surface area contributed by atoms with Gasteiger partial charge in [0.2, 0.25) is 15.9 Å². The third-order valence-electron chi connectivity index (χ3n) is 4.74. The number of nitrogens with zero attached hydrogens (tertiary/aromatic N) is 2. The van der Waals surface area contributed by atoms with Crippen LogP contribution in [-0.2, 0) is 19.6 Å². The molecule has 7 heteroatoms. The largest absolute Gasteiger partial charge is 0.375 e. The van der Waals surface area contributed by atoms with Crippen LogP contribution in [0.15, 0.2) is 35.2 Å². The number of morpholine rings is 1. The summed E-state index contributed by atoms with van der Waals surface area (Å²) in [5.41, 5.74) is 0. The van der Waals surface area contributed by atoms with Crippen LogP contribution in [-0.4, -0.2) is 62.4 Å². The van der Waals surface area contributed by atoms with E-state index < -0.39 is 10.0 Å². The van der Waals surface area contributed by atoms with Crippen molar-refractivity contribution in [3.8, 4) is 0 Å². The summed E-state index contributed by atoms with van der Waals surface area (Å²) < 4.78 is 32.2. The van der Waals surface area contributed by atoms with Crippen LogP contribution in [0.4, 0.5) is 0 Å². The Morgan fingerprint density at radius 1 is 1.12 bits per heavy atom. The van der Waals surface area contributed by atoms with Crippen LogP contribution in [0, 0.1) is 5.92 Å². The Balaban J connectivity index is 1.60. The highest BCUT2D eigenvalue weighted by Gasteiger charge is 2.34. The van der Waals surface area contributed by atoms with Crippen LogP contribution in [0.3, 0.4) is 0 Å². The molecule has 1 unspecified atom stereocenters. The Kier molecular flexibility index (Phi) is 5.22. The normalized spacial score (nSPS) is 24.0. The van der Waals surface area contributed by atoms with E-state index in [2.05, 4.69) is 0 Å². The molecule has 1 aromatic rings. The lowest BCUT2D eigenvalue weighted by atomic mass is 9.96. The monoisotopic (exact) mass is 352 g/mol. The maximum absolute atomic E-state index is 12.6. The van der Waals surface area contributed by atoms with E-state index in [1.54, 1.807) is 30.3 Å². The molecule has 0 aliphatic carbocycles. The first-order valence-electron chi connectivity index (χ1n) is 8.44. The molecule has 132 valence electrons. The Labute approximate surface area is 143 Å². The quantitative estimate of drug-likeness (QED) is 0.823. The molecule has 2 aliphatic heterocycles. The maximum Gasteiger partial charge on any atom is 0.243 e. The second kappa shape index (κ2) is 7.21. The van der Waals surface area contributed by atoms with Crippen LogP contribution in [0.5, 0.6) is 0 Å². The summed E-state index contributed by atoms with van der Waals surface area (Å²) >= 11 is 0. The van der Waals surface area contributed by atoms with Gasteiger partial charge in [-0.15, -0.1) is 0 Å². The van der Waals surface area contributed by atoms with Gasteiger partial charge >= 0.3 is 0 Å². The average Bonchev–Trinajstić information content (AvgIpc) is 2.62. The number of carbonyl (C=O) groups is 1. The summed E-state index contributed by atoms with van der Waals surface area (Å²) in [5.74, 6) is 0.0550. The van der Waals surface area contributed by atoms with E-state index in [9.17, 15) is 13.2 Å². The average molecular weight is 352 g/mol. The van der Waals surface area contributed by atoms with Crippen LogP contribution in [0.2, 0.25) is 0 Å². The fourth-order valence-corrected chi connectivity index (χ4v) is 4.85. The van der Waals surface area contributed by atoms with E-state index in [1.165, 1.54) is 4.31 Å². The number of benzene rings is 1. The van der Waals surface area contributed by atoms with Crippen LogP contribution in [0.25, 0.3) is 0 Å². The van der Waals surface area contributed by atoms with Gasteiger partial charge in [0.15, 0.2) is 0 Å². The number of rotatable bonds is 3. The molecule has 2 saturated heterocycles. The van der Waals surface area contributed by atoms with Gasteiger partial charge in [-0.2, -0.15) is 4.31 Å². The van der Waals surface area contributed by atoms with Crippen molar-refractivity contribution in [3.63, 3.8) is 0 Å². The van der Waals surface area contributed by atoms with Crippen LogP contribution >= 0.6 is 0 Å². The fraction of sp³-hybridized carbons (Fsp3) is 0.588. The minimum atomic E-state index is -3.46. The first-order valence-corrected chi connectivity index (χ1v) is 9.88. The molecule has 2 heterocycles. The Morgan fingerprint density at radius 3 is 2.42 bits per heavy atom. The first-order chi connectivity index (χ1) is 11.5. The molecule has 2 fully saturated rings. The second-order valence-electron chi connectivity index (χ2n) is 6.46. The minimum absolute atomic E-state index is 0.0706. The van der Waals surface area contributed by atoms with Crippen molar-refractivity contribution in [2.24, 2.45) is 5.92 Å². The van der Waals surface area contributed by atoms with Gasteiger partial charge in [0.25, 0.3) is 0 Å². The lowest BCUT2D eigenvalue weighted by Gasteiger charge is -2.36. The van der Waals surface area contributed by atoms with Gasteiger partial charge < -0.3 is 9.64 Å². The third-order valence-corrected chi connectivity index (χ3v) is 6.65. The van der Waals surface area contributed by atoms with Crippen molar-refractivity contribution < 1.29 is 17.9 Å². The maximum atomic E-state index is 12.6. The summed E-state index contributed by atoms with van der Waals surface area (Å²) in [5, 5.41) is 0. The Hall–Kier alpha value is -1.44. The molecule has 3 rings (SSSR count). The van der Waals surface area contributed by atoms with Crippen molar-refractivity contribution in [2.45, 2.75) is 30.8 Å². The van der Waals surface area contributed by atoms with Crippen molar-refractivity contribution >= 4 is 15.9 Å². The summed E-state index contributed by atoms with van der Waals surface area (Å²) in [4.78, 5) is 14.8. The van der Waals surface area contributed by atoms with Gasteiger partial charge in [-0.1, -0.05) is 18.2 Å². The molecule has 0 aromatic heterocycles. The molecule has 6 nitrogen and oxygen atoms in total. The molecular formula is C17H24N2O4S. The van der Waals surface area contributed by atoms with E-state index in [1.807, 2.05) is 11.8 Å². The smallest absolute Gasteiger partial charge is 0.243 e. The fourth-order valence-electron chi connectivity index (χ4n) is 3.36. The molecular weight excluding hydrogens is 328 g/mol. The molecule has 0 radical (unpaired) electrons. The highest BCUT2D eigenvalue weighted by atomic mass is 32.2. The van der Waals surface area contributed by atoms with Crippen LogP contribution < -0.4 is 0 Å². The topological polar surface area (TPSA) is 66.9 Å². The molecule has 0 saturated carbocycles. The number of ether oxygens (including phenoxy) is 1. The molecule has 1 atom stereocenters. The highest BCUT2D eigenvalue weighted by molar-refractivity contribution is 7.89. The van der Waals surface area contributed by atoms with Gasteiger partial charge in [-0.05, 0) is 31.9 Å². The summed E-state index contributed by atoms with van der Waals surface area (Å²) in [6, 6.07) is 8.47. The Morgan fingerprint density at radius 2 is 1.79 bits per heavy atom. The van der Waals surface area contributed by atoms with Crippen molar-refractivity contribution in [2.75, 3.05) is 32.8 Å². The standard InChI is InChI=1S/C17H24N2O4S/c1-14-13-18(11-12-23-14)17(20)15-7-9-19(10-8-15)24(21,22)16-5-3-2-4-6-16/h2-6,14-15H,7-13H2,1H3. The van der Waals surface area contributed by atoms with Gasteiger partial charge in [-0.25, -0.2) is 8.42 Å². The molecule has 2 aliphatic rings. The van der Waals surface area contributed by atoms with Crippen LogP contribution in [0.1, 0.15) is 19.8 Å². The lowest BCUT2D eigenvalue weighted by molar-refractivity contribution is -0.143. The van der Waals surface area contributed by atoms with Crippen molar-refractivity contribution in [3.05, 3.63) is 30.3 Å². The first kappa shape index (κ1) is 17.4. The SMILES string of the molecule is CC1CN(C(=O)C2CCN(S(=O)(=O)c3ccccc3)CC2)CCO1. The lowest BCUT2D eigenvalue weighted by Crippen LogP contribution is -2.49. The third kappa shape index (κ3) is 3.63. The predicted octanol–water partition coefficient (Wildman–Crippen LogP) is 1.33. The highest BCUT2D eigenvalue weighted by Crippen LogP contribution is 2.25. The predicted molar refractivity (Wildman–Crippen MR) is 89.9 cm³/mol. The molecule has 1 aromatic carbocycles. The van der Waals surface area contributed by atoms with E-state index in [0.717, 1.165) is 0 Å². The Bertz CT molecular complexity index is 669. The van der Waals surface area contributed by atoms with E-state index in [0.29, 0.717) is 50.5 Å². The summed E-state index contributed by atoms with van der Waals surface area (Å²) in [6.07, 6.45) is 1.23.